The first-order valence-corrected chi connectivity index (χ1v) is 11.2. The Hall–Kier alpha value is -3.33. The zero-order chi connectivity index (χ0) is 21.7. The van der Waals surface area contributed by atoms with Gasteiger partial charge in [0.25, 0.3) is 11.8 Å². The zero-order valence-corrected chi connectivity index (χ0v) is 17.3. The Morgan fingerprint density at radius 3 is 2.63 bits per heavy atom. The molecule has 0 bridgehead atoms. The molecule has 0 aliphatic carbocycles. The number of nitrogens with zero attached hydrogens (tertiary/aromatic N) is 1. The number of rotatable bonds is 6. The first kappa shape index (κ1) is 21.4. The molecule has 0 spiro atoms. The molecule has 1 aliphatic rings. The van der Waals surface area contributed by atoms with Gasteiger partial charge in [0.1, 0.15) is 5.75 Å². The van der Waals surface area contributed by atoms with Crippen molar-refractivity contribution in [3.8, 4) is 5.75 Å². The Bertz CT molecular complexity index is 1070. The Balaban J connectivity index is 1.83. The lowest BCUT2D eigenvalue weighted by Crippen LogP contribution is -2.36. The highest BCUT2D eigenvalue weighted by molar-refractivity contribution is 7.92. The Labute approximate surface area is 175 Å². The summed E-state index contributed by atoms with van der Waals surface area (Å²) in [5, 5.41) is 5.41. The second-order valence-corrected chi connectivity index (χ2v) is 8.64. The number of fused-ring (bicyclic) bond motifs is 1. The Morgan fingerprint density at radius 1 is 1.20 bits per heavy atom. The standard InChI is InChI=1S/C21H23N3O5S/c1-3-13-22-20(25)15-8-4-5-9-16(15)23-21(26)19-12-14-24(30(2,27)28)17-10-6-7-11-18(17)29-19/h3-11,19H,1,12-14H2,2H3,(H,22,25)(H,23,26)/t19-/m1/s1. The van der Waals surface area contributed by atoms with E-state index in [4.69, 9.17) is 4.74 Å². The van der Waals surface area contributed by atoms with Crippen LogP contribution >= 0.6 is 0 Å². The summed E-state index contributed by atoms with van der Waals surface area (Å²) in [6.07, 6.45) is 1.90. The van der Waals surface area contributed by atoms with Crippen LogP contribution in [0.4, 0.5) is 11.4 Å². The van der Waals surface area contributed by atoms with Gasteiger partial charge in [-0.3, -0.25) is 13.9 Å². The molecule has 2 aromatic rings. The molecule has 2 aromatic carbocycles. The number of carbonyl (C=O) groups is 2. The minimum atomic E-state index is -3.54. The molecule has 2 N–H and O–H groups in total. The molecule has 0 fully saturated rings. The summed E-state index contributed by atoms with van der Waals surface area (Å²) in [6.45, 7) is 3.95. The van der Waals surface area contributed by atoms with Crippen molar-refractivity contribution in [2.24, 2.45) is 0 Å². The lowest BCUT2D eigenvalue weighted by atomic mass is 10.1. The highest BCUT2D eigenvalue weighted by Gasteiger charge is 2.31. The van der Waals surface area contributed by atoms with Crippen LogP contribution in [0.5, 0.6) is 5.75 Å². The number of amides is 2. The fourth-order valence-corrected chi connectivity index (χ4v) is 4.07. The number of carbonyl (C=O) groups excluding carboxylic acids is 2. The predicted molar refractivity (Wildman–Crippen MR) is 115 cm³/mol. The fourth-order valence-electron chi connectivity index (χ4n) is 3.12. The SMILES string of the molecule is C=CCNC(=O)c1ccccc1NC(=O)[C@H]1CCN(S(C)(=O)=O)c2ccccc2O1. The number of para-hydroxylation sites is 3. The van der Waals surface area contributed by atoms with E-state index in [1.54, 1.807) is 54.6 Å². The van der Waals surface area contributed by atoms with Gasteiger partial charge in [0.15, 0.2) is 6.10 Å². The molecule has 1 aliphatic heterocycles. The van der Waals surface area contributed by atoms with Crippen molar-refractivity contribution in [3.63, 3.8) is 0 Å². The van der Waals surface area contributed by atoms with Crippen LogP contribution in [0.3, 0.4) is 0 Å². The first-order valence-electron chi connectivity index (χ1n) is 9.33. The monoisotopic (exact) mass is 429 g/mol. The van der Waals surface area contributed by atoms with Crippen molar-refractivity contribution in [2.45, 2.75) is 12.5 Å². The molecule has 30 heavy (non-hydrogen) atoms. The normalized spacial score (nSPS) is 15.9. The van der Waals surface area contributed by atoms with Gasteiger partial charge in [-0.15, -0.1) is 6.58 Å². The number of hydrogen-bond acceptors (Lipinski definition) is 5. The smallest absolute Gasteiger partial charge is 0.265 e. The van der Waals surface area contributed by atoms with Gasteiger partial charge in [-0.05, 0) is 24.3 Å². The Kier molecular flexibility index (Phi) is 6.41. The molecule has 158 valence electrons. The van der Waals surface area contributed by atoms with Gasteiger partial charge in [-0.25, -0.2) is 8.42 Å². The van der Waals surface area contributed by atoms with Crippen LogP contribution in [-0.4, -0.2) is 45.7 Å². The van der Waals surface area contributed by atoms with Crippen molar-refractivity contribution < 1.29 is 22.7 Å². The van der Waals surface area contributed by atoms with E-state index >= 15 is 0 Å². The molecule has 8 nitrogen and oxygen atoms in total. The summed E-state index contributed by atoms with van der Waals surface area (Å²) in [6, 6.07) is 13.3. The van der Waals surface area contributed by atoms with E-state index in [0.29, 0.717) is 29.2 Å². The molecule has 9 heteroatoms. The highest BCUT2D eigenvalue weighted by atomic mass is 32.2. The van der Waals surface area contributed by atoms with E-state index in [1.165, 1.54) is 4.31 Å². The Morgan fingerprint density at radius 2 is 1.90 bits per heavy atom. The number of benzene rings is 2. The third kappa shape index (κ3) is 4.80. The second kappa shape index (κ2) is 9.00. The number of sulfonamides is 1. The highest BCUT2D eigenvalue weighted by Crippen LogP contribution is 2.34. The van der Waals surface area contributed by atoms with Crippen LogP contribution in [0.15, 0.2) is 61.2 Å². The van der Waals surface area contributed by atoms with Crippen LogP contribution in [0, 0.1) is 0 Å². The summed E-state index contributed by atoms with van der Waals surface area (Å²) in [5.74, 6) is -0.511. The molecule has 0 saturated heterocycles. The van der Waals surface area contributed by atoms with Crippen molar-refractivity contribution in [1.29, 1.82) is 0 Å². The molecule has 1 atom stereocenters. The van der Waals surface area contributed by atoms with E-state index in [-0.39, 0.29) is 18.9 Å². The van der Waals surface area contributed by atoms with E-state index < -0.39 is 22.0 Å². The van der Waals surface area contributed by atoms with Crippen LogP contribution < -0.4 is 19.7 Å². The molecule has 1 heterocycles. The first-order chi connectivity index (χ1) is 14.3. The molecule has 2 amide bonds. The topological polar surface area (TPSA) is 105 Å². The summed E-state index contributed by atoms with van der Waals surface area (Å²) in [5.41, 5.74) is 1.03. The lowest BCUT2D eigenvalue weighted by molar-refractivity contribution is -0.122. The quantitative estimate of drug-likeness (QED) is 0.685. The third-order valence-electron chi connectivity index (χ3n) is 4.53. The van der Waals surface area contributed by atoms with E-state index in [9.17, 15) is 18.0 Å². The number of ether oxygens (including phenoxy) is 1. The third-order valence-corrected chi connectivity index (χ3v) is 5.71. The van der Waals surface area contributed by atoms with Crippen molar-refractivity contribution in [1.82, 2.24) is 5.32 Å². The average molecular weight is 429 g/mol. The molecule has 3 rings (SSSR count). The number of hydrogen-bond donors (Lipinski definition) is 2. The van der Waals surface area contributed by atoms with Gasteiger partial charge < -0.3 is 15.4 Å². The molecule has 0 radical (unpaired) electrons. The van der Waals surface area contributed by atoms with E-state index in [0.717, 1.165) is 6.26 Å². The van der Waals surface area contributed by atoms with Crippen molar-refractivity contribution >= 4 is 33.2 Å². The summed E-state index contributed by atoms with van der Waals surface area (Å²) in [7, 11) is -3.54. The molecule has 0 aromatic heterocycles. The fraction of sp³-hybridized carbons (Fsp3) is 0.238. The molecule has 0 unspecified atom stereocenters. The maximum Gasteiger partial charge on any atom is 0.265 e. The van der Waals surface area contributed by atoms with Gasteiger partial charge in [0.05, 0.1) is 23.2 Å². The van der Waals surface area contributed by atoms with E-state index in [1.807, 2.05) is 0 Å². The van der Waals surface area contributed by atoms with Crippen molar-refractivity contribution in [3.05, 3.63) is 66.7 Å². The maximum absolute atomic E-state index is 12.9. The van der Waals surface area contributed by atoms with E-state index in [2.05, 4.69) is 17.2 Å². The van der Waals surface area contributed by atoms with Gasteiger partial charge in [-0.1, -0.05) is 30.3 Å². The summed E-state index contributed by atoms with van der Waals surface area (Å²) >= 11 is 0. The molecular weight excluding hydrogens is 406 g/mol. The largest absolute Gasteiger partial charge is 0.478 e. The minimum absolute atomic E-state index is 0.0927. The average Bonchev–Trinajstić information content (AvgIpc) is 2.92. The zero-order valence-electron chi connectivity index (χ0n) is 16.5. The van der Waals surface area contributed by atoms with Gasteiger partial charge >= 0.3 is 0 Å². The summed E-state index contributed by atoms with van der Waals surface area (Å²) in [4.78, 5) is 25.3. The summed E-state index contributed by atoms with van der Waals surface area (Å²) < 4.78 is 31.5. The van der Waals surface area contributed by atoms with Crippen molar-refractivity contribution in [2.75, 3.05) is 29.0 Å². The van der Waals surface area contributed by atoms with Gasteiger partial charge in [0, 0.05) is 19.5 Å². The van der Waals surface area contributed by atoms with Crippen LogP contribution in [-0.2, 0) is 14.8 Å². The predicted octanol–water partition coefficient (Wildman–Crippen LogP) is 2.16. The number of nitrogens with one attached hydrogen (secondary N) is 2. The second-order valence-electron chi connectivity index (χ2n) is 6.73. The van der Waals surface area contributed by atoms with Crippen LogP contribution in [0.2, 0.25) is 0 Å². The van der Waals surface area contributed by atoms with Gasteiger partial charge in [-0.2, -0.15) is 0 Å². The van der Waals surface area contributed by atoms with Crippen LogP contribution in [0.25, 0.3) is 0 Å². The molecule has 0 saturated carbocycles. The van der Waals surface area contributed by atoms with Crippen LogP contribution in [0.1, 0.15) is 16.8 Å². The number of anilines is 2. The molecular formula is C21H23N3O5S. The van der Waals surface area contributed by atoms with Gasteiger partial charge in [0.2, 0.25) is 10.0 Å². The minimum Gasteiger partial charge on any atom is -0.478 e. The lowest BCUT2D eigenvalue weighted by Gasteiger charge is -2.20. The maximum atomic E-state index is 12.9.